The van der Waals surface area contributed by atoms with E-state index in [1.165, 1.54) is 6.07 Å². The Labute approximate surface area is 76.9 Å². The zero-order chi connectivity index (χ0) is 9.30. The van der Waals surface area contributed by atoms with Crippen molar-refractivity contribution in [2.45, 2.75) is 13.3 Å². The van der Waals surface area contributed by atoms with Crippen molar-refractivity contribution < 1.29 is 8.78 Å². The van der Waals surface area contributed by atoms with Crippen molar-refractivity contribution in [2.75, 3.05) is 5.73 Å². The summed E-state index contributed by atoms with van der Waals surface area (Å²) in [6, 6.07) is 1.54. The highest BCUT2D eigenvalue weighted by atomic mass is 79.9. The van der Waals surface area contributed by atoms with Crippen molar-refractivity contribution in [3.05, 3.63) is 21.8 Å². The molecule has 12 heavy (non-hydrogen) atoms. The van der Waals surface area contributed by atoms with Gasteiger partial charge in [0.15, 0.2) is 0 Å². The van der Waals surface area contributed by atoms with Gasteiger partial charge in [0.25, 0.3) is 6.43 Å². The number of aryl methyl sites for hydroxylation is 1. The number of rotatable bonds is 1. The standard InChI is InChI=1S/C7H7BrF2N2/c1-3-2-4(11)12-6(5(3)8)7(9)10/h2,7H,1H3,(H2,11,12). The zero-order valence-electron chi connectivity index (χ0n) is 6.31. The highest BCUT2D eigenvalue weighted by Crippen LogP contribution is 2.29. The third-order valence-corrected chi connectivity index (χ3v) is 2.42. The molecule has 0 aliphatic carbocycles. The van der Waals surface area contributed by atoms with Gasteiger partial charge in [-0.25, -0.2) is 13.8 Å². The van der Waals surface area contributed by atoms with Gasteiger partial charge in [-0.3, -0.25) is 0 Å². The van der Waals surface area contributed by atoms with Crippen molar-refractivity contribution in [1.29, 1.82) is 0 Å². The van der Waals surface area contributed by atoms with Crippen molar-refractivity contribution in [3.8, 4) is 0 Å². The summed E-state index contributed by atoms with van der Waals surface area (Å²) in [4.78, 5) is 3.51. The van der Waals surface area contributed by atoms with E-state index in [4.69, 9.17) is 5.73 Å². The number of pyridine rings is 1. The van der Waals surface area contributed by atoms with Crippen LogP contribution in [0.15, 0.2) is 10.5 Å². The molecule has 66 valence electrons. The van der Waals surface area contributed by atoms with Gasteiger partial charge in [0.2, 0.25) is 0 Å². The first kappa shape index (κ1) is 9.38. The molecule has 0 radical (unpaired) electrons. The molecular formula is C7H7BrF2N2. The molecule has 0 saturated heterocycles. The van der Waals surface area contributed by atoms with Crippen molar-refractivity contribution in [1.82, 2.24) is 4.98 Å². The van der Waals surface area contributed by atoms with Gasteiger partial charge in [-0.15, -0.1) is 0 Å². The quantitative estimate of drug-likeness (QED) is 0.815. The Bertz CT molecular complexity index is 302. The maximum absolute atomic E-state index is 12.2. The first-order valence-corrected chi connectivity index (χ1v) is 4.02. The van der Waals surface area contributed by atoms with Gasteiger partial charge < -0.3 is 5.73 Å². The monoisotopic (exact) mass is 236 g/mol. The average molecular weight is 237 g/mol. The number of nitrogen functional groups attached to an aromatic ring is 1. The Kier molecular flexibility index (Phi) is 2.62. The van der Waals surface area contributed by atoms with Crippen LogP contribution < -0.4 is 5.73 Å². The summed E-state index contributed by atoms with van der Waals surface area (Å²) in [6.07, 6.45) is -2.60. The molecule has 0 aromatic carbocycles. The van der Waals surface area contributed by atoms with E-state index < -0.39 is 6.43 Å². The van der Waals surface area contributed by atoms with E-state index in [1.54, 1.807) is 6.92 Å². The van der Waals surface area contributed by atoms with Crippen molar-refractivity contribution in [3.63, 3.8) is 0 Å². The van der Waals surface area contributed by atoms with E-state index in [0.717, 1.165) is 0 Å². The van der Waals surface area contributed by atoms with Gasteiger partial charge in [0.1, 0.15) is 11.5 Å². The molecule has 1 aromatic heterocycles. The molecule has 2 nitrogen and oxygen atoms in total. The second-order valence-corrected chi connectivity index (χ2v) is 3.16. The molecule has 0 fully saturated rings. The number of anilines is 1. The summed E-state index contributed by atoms with van der Waals surface area (Å²) < 4.78 is 24.8. The van der Waals surface area contributed by atoms with Crippen LogP contribution in [0.3, 0.4) is 0 Å². The molecule has 1 rings (SSSR count). The molecule has 0 amide bonds. The van der Waals surface area contributed by atoms with Gasteiger partial charge in [-0.1, -0.05) is 0 Å². The third kappa shape index (κ3) is 1.72. The van der Waals surface area contributed by atoms with Crippen LogP contribution in [-0.2, 0) is 0 Å². The van der Waals surface area contributed by atoms with Crippen LogP contribution in [0, 0.1) is 6.92 Å². The van der Waals surface area contributed by atoms with E-state index in [9.17, 15) is 8.78 Å². The number of nitrogens with two attached hydrogens (primary N) is 1. The van der Waals surface area contributed by atoms with Gasteiger partial charge in [-0.2, -0.15) is 0 Å². The predicted molar refractivity (Wildman–Crippen MR) is 46.0 cm³/mol. The normalized spacial score (nSPS) is 10.8. The highest BCUT2D eigenvalue weighted by Gasteiger charge is 2.15. The van der Waals surface area contributed by atoms with Gasteiger partial charge in [0, 0.05) is 4.47 Å². The SMILES string of the molecule is Cc1cc(N)nc(C(F)F)c1Br. The number of nitrogens with zero attached hydrogens (tertiary/aromatic N) is 1. The van der Waals surface area contributed by atoms with Gasteiger partial charge >= 0.3 is 0 Å². The molecule has 5 heteroatoms. The summed E-state index contributed by atoms with van der Waals surface area (Å²) in [5.41, 5.74) is 5.67. The van der Waals surface area contributed by atoms with E-state index in [-0.39, 0.29) is 11.5 Å². The fraction of sp³-hybridized carbons (Fsp3) is 0.286. The maximum Gasteiger partial charge on any atom is 0.281 e. The van der Waals surface area contributed by atoms with E-state index in [1.807, 2.05) is 0 Å². The topological polar surface area (TPSA) is 38.9 Å². The predicted octanol–water partition coefficient (Wildman–Crippen LogP) is 2.67. The smallest absolute Gasteiger partial charge is 0.281 e. The van der Waals surface area contributed by atoms with Crippen LogP contribution in [-0.4, -0.2) is 4.98 Å². The molecule has 0 bridgehead atoms. The number of hydrogen-bond donors (Lipinski definition) is 1. The second-order valence-electron chi connectivity index (χ2n) is 2.36. The fourth-order valence-corrected chi connectivity index (χ4v) is 1.23. The number of halogens is 3. The first-order valence-electron chi connectivity index (χ1n) is 3.23. The lowest BCUT2D eigenvalue weighted by atomic mass is 10.2. The molecule has 0 aliphatic rings. The van der Waals surface area contributed by atoms with Crippen LogP contribution in [0.1, 0.15) is 17.7 Å². The van der Waals surface area contributed by atoms with E-state index >= 15 is 0 Å². The van der Waals surface area contributed by atoms with Crippen LogP contribution in [0.5, 0.6) is 0 Å². The number of hydrogen-bond acceptors (Lipinski definition) is 2. The van der Waals surface area contributed by atoms with Crippen molar-refractivity contribution in [2.24, 2.45) is 0 Å². The number of aromatic nitrogens is 1. The molecule has 1 heterocycles. The summed E-state index contributed by atoms with van der Waals surface area (Å²) in [6.45, 7) is 1.69. The molecule has 0 atom stereocenters. The maximum atomic E-state index is 12.2. The molecule has 0 saturated carbocycles. The number of alkyl halides is 2. The lowest BCUT2D eigenvalue weighted by molar-refractivity contribution is 0.145. The van der Waals surface area contributed by atoms with Crippen molar-refractivity contribution >= 4 is 21.7 Å². The first-order chi connectivity index (χ1) is 5.52. The summed E-state index contributed by atoms with van der Waals surface area (Å²) in [5, 5.41) is 0. The largest absolute Gasteiger partial charge is 0.384 e. The minimum Gasteiger partial charge on any atom is -0.384 e. The fourth-order valence-electron chi connectivity index (χ4n) is 0.852. The zero-order valence-corrected chi connectivity index (χ0v) is 7.90. The minimum atomic E-state index is -2.60. The third-order valence-electron chi connectivity index (χ3n) is 1.39. The lowest BCUT2D eigenvalue weighted by Crippen LogP contribution is -1.99. The Balaban J connectivity index is 3.28. The minimum absolute atomic E-state index is 0.117. The summed E-state index contributed by atoms with van der Waals surface area (Å²) >= 11 is 3.02. The summed E-state index contributed by atoms with van der Waals surface area (Å²) in [7, 11) is 0. The van der Waals surface area contributed by atoms with Crippen LogP contribution in [0.4, 0.5) is 14.6 Å². The molecule has 2 N–H and O–H groups in total. The molecule has 0 spiro atoms. The Morgan fingerprint density at radius 2 is 2.17 bits per heavy atom. The van der Waals surface area contributed by atoms with Crippen LogP contribution in [0.25, 0.3) is 0 Å². The molecule has 1 aromatic rings. The molecular weight excluding hydrogens is 230 g/mol. The Morgan fingerprint density at radius 3 is 2.67 bits per heavy atom. The Hall–Kier alpha value is -0.710. The van der Waals surface area contributed by atoms with E-state index in [2.05, 4.69) is 20.9 Å². The second kappa shape index (κ2) is 3.35. The van der Waals surface area contributed by atoms with Gasteiger partial charge in [-0.05, 0) is 34.5 Å². The molecule has 0 unspecified atom stereocenters. The van der Waals surface area contributed by atoms with Crippen LogP contribution >= 0.6 is 15.9 Å². The summed E-state index contributed by atoms with van der Waals surface area (Å²) in [5.74, 6) is 0.117. The van der Waals surface area contributed by atoms with Crippen LogP contribution in [0.2, 0.25) is 0 Å². The lowest BCUT2D eigenvalue weighted by Gasteiger charge is -2.05. The molecule has 0 aliphatic heterocycles. The Morgan fingerprint density at radius 1 is 1.58 bits per heavy atom. The highest BCUT2D eigenvalue weighted by molar-refractivity contribution is 9.10. The van der Waals surface area contributed by atoms with Gasteiger partial charge in [0.05, 0.1) is 0 Å². The average Bonchev–Trinajstić information content (AvgIpc) is 1.96. The van der Waals surface area contributed by atoms with E-state index in [0.29, 0.717) is 10.0 Å².